The normalized spacial score (nSPS) is 20.3. The van der Waals surface area contributed by atoms with Gasteiger partial charge in [-0.15, -0.1) is 0 Å². The van der Waals surface area contributed by atoms with Crippen molar-refractivity contribution in [3.8, 4) is 23.0 Å². The van der Waals surface area contributed by atoms with E-state index in [0.717, 1.165) is 16.7 Å². The minimum Gasteiger partial charge on any atom is -0.469 e. The van der Waals surface area contributed by atoms with Crippen molar-refractivity contribution in [2.75, 3.05) is 27.8 Å². The molecule has 3 aliphatic rings. The van der Waals surface area contributed by atoms with Crippen molar-refractivity contribution in [2.24, 2.45) is 5.92 Å². The van der Waals surface area contributed by atoms with Crippen LogP contribution in [0.2, 0.25) is 0 Å². The van der Waals surface area contributed by atoms with Crippen molar-refractivity contribution in [1.82, 2.24) is 0 Å². The maximum atomic E-state index is 12.9. The molecule has 154 valence electrons. The number of methoxy groups -OCH3 is 2. The van der Waals surface area contributed by atoms with Crippen LogP contribution < -0.4 is 18.9 Å². The number of fused-ring (bicyclic) bond motifs is 3. The van der Waals surface area contributed by atoms with Crippen LogP contribution in [0.4, 0.5) is 0 Å². The van der Waals surface area contributed by atoms with Crippen LogP contribution >= 0.6 is 0 Å². The van der Waals surface area contributed by atoms with Crippen LogP contribution in [-0.4, -0.2) is 39.7 Å². The van der Waals surface area contributed by atoms with Gasteiger partial charge in [0.05, 0.1) is 25.7 Å². The standard InChI is InChI=1S/C22H18O8/c1-25-21(23)14-5-12-7-17-18(30-10-29-17)8-13(12)19(20(14)22(24)26-2)11-3-4-15-16(6-11)28-9-27-15/h3-8,19-20H,9-10H2,1-2H3/t19-,20-/m0/s1. The Hall–Kier alpha value is -3.68. The second kappa shape index (κ2) is 6.98. The van der Waals surface area contributed by atoms with E-state index >= 15 is 0 Å². The fourth-order valence-electron chi connectivity index (χ4n) is 4.16. The lowest BCUT2D eigenvalue weighted by Crippen LogP contribution is -2.32. The molecule has 2 aliphatic heterocycles. The van der Waals surface area contributed by atoms with Crippen LogP contribution in [-0.2, 0) is 19.1 Å². The summed E-state index contributed by atoms with van der Waals surface area (Å²) in [6.45, 7) is 0.243. The zero-order chi connectivity index (χ0) is 20.8. The monoisotopic (exact) mass is 410 g/mol. The predicted molar refractivity (Wildman–Crippen MR) is 102 cm³/mol. The van der Waals surface area contributed by atoms with E-state index < -0.39 is 23.8 Å². The molecule has 0 saturated carbocycles. The van der Waals surface area contributed by atoms with Crippen molar-refractivity contribution < 1.29 is 38.0 Å². The molecule has 8 nitrogen and oxygen atoms in total. The Balaban J connectivity index is 1.74. The molecule has 30 heavy (non-hydrogen) atoms. The second-order valence-electron chi connectivity index (χ2n) is 7.02. The Morgan fingerprint density at radius 1 is 0.867 bits per heavy atom. The minimum atomic E-state index is -0.907. The molecular formula is C22H18O8. The zero-order valence-corrected chi connectivity index (χ0v) is 16.3. The molecule has 2 aromatic rings. The molecule has 0 aromatic heterocycles. The van der Waals surface area contributed by atoms with Gasteiger partial charge >= 0.3 is 11.9 Å². The van der Waals surface area contributed by atoms with Crippen molar-refractivity contribution in [3.63, 3.8) is 0 Å². The van der Waals surface area contributed by atoms with Crippen LogP contribution in [0.15, 0.2) is 35.9 Å². The lowest BCUT2D eigenvalue weighted by Gasteiger charge is -2.32. The van der Waals surface area contributed by atoms with Gasteiger partial charge < -0.3 is 28.4 Å². The Labute approximate surface area is 171 Å². The van der Waals surface area contributed by atoms with E-state index in [-0.39, 0.29) is 19.2 Å². The van der Waals surface area contributed by atoms with Crippen molar-refractivity contribution in [3.05, 3.63) is 52.6 Å². The molecule has 0 saturated heterocycles. The summed E-state index contributed by atoms with van der Waals surface area (Å²) in [6.07, 6.45) is 1.65. The van der Waals surface area contributed by atoms with Gasteiger partial charge in [0.15, 0.2) is 23.0 Å². The first-order valence-electron chi connectivity index (χ1n) is 9.31. The zero-order valence-electron chi connectivity index (χ0n) is 16.3. The number of ether oxygens (including phenoxy) is 6. The van der Waals surface area contributed by atoms with Gasteiger partial charge in [-0.3, -0.25) is 4.79 Å². The molecule has 0 unspecified atom stereocenters. The largest absolute Gasteiger partial charge is 0.469 e. The average molecular weight is 410 g/mol. The molecule has 0 fully saturated rings. The maximum absolute atomic E-state index is 12.9. The fourth-order valence-corrected chi connectivity index (χ4v) is 4.16. The summed E-state index contributed by atoms with van der Waals surface area (Å²) in [6, 6.07) is 9.09. The molecule has 0 bridgehead atoms. The highest BCUT2D eigenvalue weighted by Gasteiger charge is 2.43. The van der Waals surface area contributed by atoms with E-state index in [1.54, 1.807) is 18.2 Å². The van der Waals surface area contributed by atoms with Crippen LogP contribution in [0.25, 0.3) is 6.08 Å². The summed E-state index contributed by atoms with van der Waals surface area (Å²) in [4.78, 5) is 25.5. The quantitative estimate of drug-likeness (QED) is 0.714. The average Bonchev–Trinajstić information content (AvgIpc) is 3.43. The minimum absolute atomic E-state index is 0.112. The molecule has 2 heterocycles. The molecule has 1 aliphatic carbocycles. The number of esters is 2. The van der Waals surface area contributed by atoms with Crippen LogP contribution in [0.1, 0.15) is 22.6 Å². The molecule has 8 heteroatoms. The van der Waals surface area contributed by atoms with E-state index in [1.165, 1.54) is 14.2 Å². The molecule has 5 rings (SSSR count). The van der Waals surface area contributed by atoms with Gasteiger partial charge in [-0.2, -0.15) is 0 Å². The van der Waals surface area contributed by atoms with Gasteiger partial charge in [0.25, 0.3) is 0 Å². The van der Waals surface area contributed by atoms with E-state index in [1.807, 2.05) is 18.2 Å². The first-order valence-corrected chi connectivity index (χ1v) is 9.31. The molecule has 0 amide bonds. The number of hydrogen-bond donors (Lipinski definition) is 0. The van der Waals surface area contributed by atoms with Gasteiger partial charge in [0.2, 0.25) is 13.6 Å². The van der Waals surface area contributed by atoms with E-state index in [2.05, 4.69) is 0 Å². The highest BCUT2D eigenvalue weighted by molar-refractivity contribution is 6.02. The lowest BCUT2D eigenvalue weighted by atomic mass is 9.71. The summed E-state index contributed by atoms with van der Waals surface area (Å²) in [5.74, 6) is -0.220. The molecule has 2 atom stereocenters. The van der Waals surface area contributed by atoms with Gasteiger partial charge in [0.1, 0.15) is 0 Å². The van der Waals surface area contributed by atoms with Gasteiger partial charge in [-0.25, -0.2) is 4.79 Å². The van der Waals surface area contributed by atoms with E-state index in [4.69, 9.17) is 28.4 Å². The third kappa shape index (κ3) is 2.75. The summed E-state index contributed by atoms with van der Waals surface area (Å²) in [7, 11) is 2.57. The first-order chi connectivity index (χ1) is 14.6. The van der Waals surface area contributed by atoms with Crippen molar-refractivity contribution >= 4 is 18.0 Å². The third-order valence-electron chi connectivity index (χ3n) is 5.52. The summed E-state index contributed by atoms with van der Waals surface area (Å²) in [5, 5.41) is 0. The van der Waals surface area contributed by atoms with Gasteiger partial charge in [-0.1, -0.05) is 6.07 Å². The van der Waals surface area contributed by atoms with Crippen molar-refractivity contribution in [1.29, 1.82) is 0 Å². The Kier molecular flexibility index (Phi) is 4.27. The number of hydrogen-bond acceptors (Lipinski definition) is 8. The summed E-state index contributed by atoms with van der Waals surface area (Å²) >= 11 is 0. The lowest BCUT2D eigenvalue weighted by molar-refractivity contribution is -0.147. The number of benzene rings is 2. The molecule has 0 radical (unpaired) electrons. The van der Waals surface area contributed by atoms with Crippen LogP contribution in [0, 0.1) is 5.92 Å². The molecule has 0 spiro atoms. The van der Waals surface area contributed by atoms with Crippen LogP contribution in [0.5, 0.6) is 23.0 Å². The second-order valence-corrected chi connectivity index (χ2v) is 7.02. The Bertz CT molecular complexity index is 1090. The van der Waals surface area contributed by atoms with E-state index in [0.29, 0.717) is 23.0 Å². The first kappa shape index (κ1) is 18.4. The van der Waals surface area contributed by atoms with Gasteiger partial charge in [-0.05, 0) is 47.0 Å². The highest BCUT2D eigenvalue weighted by atomic mass is 16.7. The summed E-state index contributed by atoms with van der Waals surface area (Å²) in [5.41, 5.74) is 2.52. The smallest absolute Gasteiger partial charge is 0.334 e. The summed E-state index contributed by atoms with van der Waals surface area (Å²) < 4.78 is 32.0. The van der Waals surface area contributed by atoms with Gasteiger partial charge in [0, 0.05) is 5.92 Å². The number of carbonyl (C=O) groups is 2. The Morgan fingerprint density at radius 2 is 1.53 bits per heavy atom. The fraction of sp³-hybridized carbons (Fsp3) is 0.273. The Morgan fingerprint density at radius 3 is 2.23 bits per heavy atom. The molecular weight excluding hydrogens is 392 g/mol. The highest BCUT2D eigenvalue weighted by Crippen LogP contribution is 2.49. The predicted octanol–water partition coefficient (Wildman–Crippen LogP) is 2.64. The maximum Gasteiger partial charge on any atom is 0.334 e. The molecule has 2 aromatic carbocycles. The number of carbonyl (C=O) groups excluding carboxylic acids is 2. The molecule has 0 N–H and O–H groups in total. The van der Waals surface area contributed by atoms with Crippen LogP contribution in [0.3, 0.4) is 0 Å². The van der Waals surface area contributed by atoms with E-state index in [9.17, 15) is 9.59 Å². The topological polar surface area (TPSA) is 89.5 Å². The van der Waals surface area contributed by atoms with Crippen molar-refractivity contribution in [2.45, 2.75) is 5.92 Å². The number of rotatable bonds is 3. The SMILES string of the molecule is COC(=O)C1=Cc2cc3c(cc2[C@H](c2ccc4c(c2)OCO4)[C@H]1C(=O)OC)OCO3. The third-order valence-corrected chi connectivity index (χ3v) is 5.52.